The molecule has 3 aromatic rings. The number of methoxy groups -OCH3 is 1. The molecule has 30 heavy (non-hydrogen) atoms. The second-order valence-corrected chi connectivity index (χ2v) is 7.02. The van der Waals surface area contributed by atoms with E-state index >= 15 is 0 Å². The molecule has 0 aliphatic carbocycles. The minimum atomic E-state index is -0.338. The van der Waals surface area contributed by atoms with E-state index in [1.165, 1.54) is 0 Å². The third-order valence-corrected chi connectivity index (χ3v) is 5.08. The molecule has 1 aliphatic rings. The Balaban J connectivity index is 1.73. The highest BCUT2D eigenvalue weighted by atomic mass is 16.5. The van der Waals surface area contributed by atoms with Crippen LogP contribution in [0.4, 0.5) is 5.69 Å². The molecule has 1 aliphatic heterocycles. The molecule has 3 aromatic carbocycles. The first kappa shape index (κ1) is 19.6. The number of fused-ring (bicyclic) bond motifs is 1. The normalized spacial score (nSPS) is 15.2. The maximum Gasteiger partial charge on any atom is 0.258 e. The first-order valence-electron chi connectivity index (χ1n) is 9.83. The van der Waals surface area contributed by atoms with Gasteiger partial charge in [0.05, 0.1) is 12.7 Å². The van der Waals surface area contributed by atoms with E-state index in [1.54, 1.807) is 13.2 Å². The van der Waals surface area contributed by atoms with E-state index in [2.05, 4.69) is 11.9 Å². The molecule has 1 N–H and O–H groups in total. The number of carbonyl (C=O) groups excluding carboxylic acids is 1. The molecule has 0 radical (unpaired) electrons. The SMILES string of the molecule is C=CCOc1ccc([C@H]2Nc3ccccc3C(=O)N2Cc2ccccc2)cc1OC. The van der Waals surface area contributed by atoms with E-state index in [1.807, 2.05) is 77.7 Å². The van der Waals surface area contributed by atoms with Crippen molar-refractivity contribution in [2.45, 2.75) is 12.7 Å². The van der Waals surface area contributed by atoms with Crippen molar-refractivity contribution < 1.29 is 14.3 Å². The Morgan fingerprint density at radius 3 is 2.57 bits per heavy atom. The summed E-state index contributed by atoms with van der Waals surface area (Å²) >= 11 is 0. The molecule has 1 amide bonds. The molecular formula is C25H24N2O3. The topological polar surface area (TPSA) is 50.8 Å². The Hall–Kier alpha value is -3.73. The summed E-state index contributed by atoms with van der Waals surface area (Å²) < 4.78 is 11.2. The Morgan fingerprint density at radius 1 is 1.03 bits per heavy atom. The van der Waals surface area contributed by atoms with E-state index in [0.29, 0.717) is 30.2 Å². The highest BCUT2D eigenvalue weighted by Gasteiger charge is 2.33. The highest BCUT2D eigenvalue weighted by Crippen LogP contribution is 2.37. The predicted octanol–water partition coefficient (Wildman–Crippen LogP) is 5.03. The molecule has 0 saturated heterocycles. The van der Waals surface area contributed by atoms with Gasteiger partial charge in [0.2, 0.25) is 0 Å². The van der Waals surface area contributed by atoms with Gasteiger partial charge in [-0.2, -0.15) is 0 Å². The fourth-order valence-corrected chi connectivity index (χ4v) is 3.62. The lowest BCUT2D eigenvalue weighted by molar-refractivity contribution is 0.0666. The van der Waals surface area contributed by atoms with Gasteiger partial charge in [-0.05, 0) is 35.4 Å². The number of hydrogen-bond acceptors (Lipinski definition) is 4. The number of hydrogen-bond donors (Lipinski definition) is 1. The largest absolute Gasteiger partial charge is 0.493 e. The quantitative estimate of drug-likeness (QED) is 0.566. The molecule has 0 bridgehead atoms. The zero-order valence-electron chi connectivity index (χ0n) is 16.9. The zero-order chi connectivity index (χ0) is 20.9. The van der Waals surface area contributed by atoms with Gasteiger partial charge in [-0.3, -0.25) is 4.79 Å². The van der Waals surface area contributed by atoms with E-state index in [4.69, 9.17) is 9.47 Å². The van der Waals surface area contributed by atoms with Crippen LogP contribution in [0.5, 0.6) is 11.5 Å². The maximum absolute atomic E-state index is 13.4. The van der Waals surface area contributed by atoms with Crippen molar-refractivity contribution >= 4 is 11.6 Å². The smallest absolute Gasteiger partial charge is 0.258 e. The molecule has 0 aromatic heterocycles. The first-order valence-corrected chi connectivity index (χ1v) is 9.83. The molecule has 0 saturated carbocycles. The van der Waals surface area contributed by atoms with Crippen LogP contribution in [0.2, 0.25) is 0 Å². The van der Waals surface area contributed by atoms with Crippen LogP contribution in [0, 0.1) is 0 Å². The summed E-state index contributed by atoms with van der Waals surface area (Å²) in [5.74, 6) is 1.24. The first-order chi connectivity index (χ1) is 14.7. The van der Waals surface area contributed by atoms with Gasteiger partial charge >= 0.3 is 0 Å². The minimum absolute atomic E-state index is 0.0100. The second-order valence-electron chi connectivity index (χ2n) is 7.02. The van der Waals surface area contributed by atoms with Gasteiger partial charge in [0.15, 0.2) is 11.5 Å². The fourth-order valence-electron chi connectivity index (χ4n) is 3.62. The molecule has 5 heteroatoms. The average Bonchev–Trinajstić information content (AvgIpc) is 2.80. The summed E-state index contributed by atoms with van der Waals surface area (Å²) in [6, 6.07) is 23.3. The van der Waals surface area contributed by atoms with Crippen LogP contribution in [0.1, 0.15) is 27.7 Å². The number of para-hydroxylation sites is 1. The van der Waals surface area contributed by atoms with E-state index in [-0.39, 0.29) is 12.1 Å². The third-order valence-electron chi connectivity index (χ3n) is 5.08. The van der Waals surface area contributed by atoms with Crippen LogP contribution in [-0.2, 0) is 6.54 Å². The number of benzene rings is 3. The molecule has 0 fully saturated rings. The molecular weight excluding hydrogens is 376 g/mol. The summed E-state index contributed by atoms with van der Waals surface area (Å²) in [6.07, 6.45) is 1.35. The van der Waals surface area contributed by atoms with Crippen LogP contribution >= 0.6 is 0 Å². The molecule has 4 rings (SSSR count). The van der Waals surface area contributed by atoms with Gasteiger partial charge < -0.3 is 19.7 Å². The molecule has 152 valence electrons. The van der Waals surface area contributed by atoms with Crippen LogP contribution < -0.4 is 14.8 Å². The standard InChI is InChI=1S/C25H24N2O3/c1-3-15-30-22-14-13-19(16-23(22)29-2)24-26-21-12-8-7-11-20(21)25(28)27(24)17-18-9-5-4-6-10-18/h3-14,16,24,26H,1,15,17H2,2H3/t24-/m0/s1. The number of rotatable bonds is 7. The van der Waals surface area contributed by atoms with Gasteiger partial charge in [0.25, 0.3) is 5.91 Å². The van der Waals surface area contributed by atoms with Crippen molar-refractivity contribution in [3.05, 3.63) is 102 Å². The highest BCUT2D eigenvalue weighted by molar-refractivity contribution is 6.01. The lowest BCUT2D eigenvalue weighted by atomic mass is 10.0. The van der Waals surface area contributed by atoms with Crippen LogP contribution in [0.15, 0.2) is 85.5 Å². The number of nitrogens with one attached hydrogen (secondary N) is 1. The molecule has 0 unspecified atom stereocenters. The van der Waals surface area contributed by atoms with Crippen molar-refractivity contribution in [3.63, 3.8) is 0 Å². The molecule has 1 heterocycles. The molecule has 0 spiro atoms. The Bertz CT molecular complexity index is 1050. The number of anilines is 1. The lowest BCUT2D eigenvalue weighted by Crippen LogP contribution is -2.42. The van der Waals surface area contributed by atoms with Crippen LogP contribution in [0.25, 0.3) is 0 Å². The number of amides is 1. The zero-order valence-corrected chi connectivity index (χ0v) is 16.9. The van der Waals surface area contributed by atoms with Gasteiger partial charge in [-0.1, -0.05) is 61.2 Å². The summed E-state index contributed by atoms with van der Waals surface area (Å²) in [7, 11) is 1.61. The van der Waals surface area contributed by atoms with Crippen molar-refractivity contribution in [2.75, 3.05) is 19.0 Å². The van der Waals surface area contributed by atoms with Crippen LogP contribution in [-0.4, -0.2) is 24.5 Å². The van der Waals surface area contributed by atoms with Crippen molar-refractivity contribution in [3.8, 4) is 11.5 Å². The summed E-state index contributed by atoms with van der Waals surface area (Å²) in [5, 5.41) is 3.52. The van der Waals surface area contributed by atoms with Gasteiger partial charge in [0, 0.05) is 12.2 Å². The molecule has 1 atom stereocenters. The Kier molecular flexibility index (Phi) is 5.70. The van der Waals surface area contributed by atoms with Crippen molar-refractivity contribution in [1.82, 2.24) is 4.90 Å². The average molecular weight is 400 g/mol. The summed E-state index contributed by atoms with van der Waals surface area (Å²) in [6.45, 7) is 4.56. The summed E-state index contributed by atoms with van der Waals surface area (Å²) in [5.41, 5.74) is 3.47. The van der Waals surface area contributed by atoms with E-state index < -0.39 is 0 Å². The van der Waals surface area contributed by atoms with Gasteiger partial charge in [0.1, 0.15) is 12.8 Å². The Morgan fingerprint density at radius 2 is 1.80 bits per heavy atom. The fraction of sp³-hybridized carbons (Fsp3) is 0.160. The molecule has 5 nitrogen and oxygen atoms in total. The number of nitrogens with zero attached hydrogens (tertiary/aromatic N) is 1. The van der Waals surface area contributed by atoms with Gasteiger partial charge in [-0.25, -0.2) is 0 Å². The second kappa shape index (κ2) is 8.74. The van der Waals surface area contributed by atoms with Crippen molar-refractivity contribution in [1.29, 1.82) is 0 Å². The lowest BCUT2D eigenvalue weighted by Gasteiger charge is -2.38. The van der Waals surface area contributed by atoms with E-state index in [0.717, 1.165) is 16.8 Å². The van der Waals surface area contributed by atoms with Crippen LogP contribution in [0.3, 0.4) is 0 Å². The Labute approximate surface area is 176 Å². The summed E-state index contributed by atoms with van der Waals surface area (Å²) in [4.78, 5) is 15.2. The maximum atomic E-state index is 13.4. The monoisotopic (exact) mass is 400 g/mol. The van der Waals surface area contributed by atoms with Crippen molar-refractivity contribution in [2.24, 2.45) is 0 Å². The number of carbonyl (C=O) groups is 1. The van der Waals surface area contributed by atoms with Gasteiger partial charge in [-0.15, -0.1) is 0 Å². The minimum Gasteiger partial charge on any atom is -0.493 e. The number of ether oxygens (including phenoxy) is 2. The predicted molar refractivity (Wildman–Crippen MR) is 118 cm³/mol. The third kappa shape index (κ3) is 3.87. The van der Waals surface area contributed by atoms with E-state index in [9.17, 15) is 4.79 Å².